The number of aromatic nitrogens is 1. The van der Waals surface area contributed by atoms with Crippen molar-refractivity contribution in [1.29, 1.82) is 0 Å². The van der Waals surface area contributed by atoms with Gasteiger partial charge >= 0.3 is 0 Å². The molecule has 1 atom stereocenters. The van der Waals surface area contributed by atoms with Crippen molar-refractivity contribution in [3.05, 3.63) is 30.1 Å². The molecule has 0 aliphatic rings. The highest BCUT2D eigenvalue weighted by Gasteiger charge is 2.10. The van der Waals surface area contributed by atoms with Crippen molar-refractivity contribution in [1.82, 2.24) is 0 Å². The van der Waals surface area contributed by atoms with E-state index in [1.54, 1.807) is 29.3 Å². The van der Waals surface area contributed by atoms with Crippen molar-refractivity contribution in [3.63, 3.8) is 0 Å². The van der Waals surface area contributed by atoms with Crippen molar-refractivity contribution in [2.75, 3.05) is 6.61 Å². The van der Waals surface area contributed by atoms with E-state index in [-0.39, 0.29) is 0 Å². The Hall–Kier alpha value is -1.38. The Bertz CT molecular complexity index is 321. The summed E-state index contributed by atoms with van der Waals surface area (Å²) < 4.78 is 1.67. The normalized spacial score (nSPS) is 12.1. The molecule has 0 aromatic carbocycles. The summed E-state index contributed by atoms with van der Waals surface area (Å²) in [5.41, 5.74) is 0.669. The largest absolute Gasteiger partial charge is 0.298 e. The van der Waals surface area contributed by atoms with Gasteiger partial charge in [-0.2, -0.15) is 0 Å². The highest BCUT2D eigenvalue weighted by Crippen LogP contribution is 2.11. The zero-order chi connectivity index (χ0) is 12.5. The molecule has 0 radical (unpaired) electrons. The number of carbonyl (C=O) groups excluding carboxylic acids is 1. The van der Waals surface area contributed by atoms with Crippen LogP contribution in [-0.4, -0.2) is 12.9 Å². The Morgan fingerprint density at radius 2 is 2.06 bits per heavy atom. The number of pyridine rings is 1. The minimum absolute atomic E-state index is 0.619. The van der Waals surface area contributed by atoms with Crippen LogP contribution in [0.1, 0.15) is 49.9 Å². The summed E-state index contributed by atoms with van der Waals surface area (Å²) in [5, 5.41) is 0. The van der Waals surface area contributed by atoms with Crippen LogP contribution >= 0.6 is 0 Å². The number of hydrogen-bond donors (Lipinski definition) is 0. The van der Waals surface area contributed by atoms with Gasteiger partial charge in [0.25, 0.3) is 0 Å². The molecule has 3 heteroatoms. The van der Waals surface area contributed by atoms with Gasteiger partial charge in [-0.25, -0.2) is 0 Å². The van der Waals surface area contributed by atoms with E-state index < -0.39 is 0 Å². The van der Waals surface area contributed by atoms with Gasteiger partial charge in [0, 0.05) is 22.4 Å². The molecule has 0 fully saturated rings. The van der Waals surface area contributed by atoms with Crippen LogP contribution in [0.15, 0.2) is 24.5 Å². The molecule has 0 N–H and O–H groups in total. The topological polar surface area (TPSA) is 30.2 Å². The molecule has 0 amide bonds. The Morgan fingerprint density at radius 3 is 2.59 bits per heavy atom. The van der Waals surface area contributed by atoms with Gasteiger partial charge in [0.05, 0.1) is 0 Å². The minimum Gasteiger partial charge on any atom is -0.298 e. The molecular weight excluding hydrogens is 214 g/mol. The average molecular weight is 236 g/mol. The monoisotopic (exact) mass is 236 g/mol. The van der Waals surface area contributed by atoms with E-state index in [0.717, 1.165) is 19.3 Å². The summed E-state index contributed by atoms with van der Waals surface area (Å²) in [6.07, 6.45) is 9.24. The third-order valence-corrected chi connectivity index (χ3v) is 2.97. The summed E-state index contributed by atoms with van der Waals surface area (Å²) in [7, 11) is 0. The molecule has 17 heavy (non-hydrogen) atoms. The molecule has 0 saturated heterocycles. The van der Waals surface area contributed by atoms with Gasteiger partial charge in [0.1, 0.15) is 0 Å². The lowest BCUT2D eigenvalue weighted by Gasteiger charge is -2.11. The number of aldehydes is 1. The maximum absolute atomic E-state index is 10.5. The van der Waals surface area contributed by atoms with Gasteiger partial charge in [-0.1, -0.05) is 26.7 Å². The van der Waals surface area contributed by atoms with Gasteiger partial charge in [0.2, 0.25) is 12.4 Å². The maximum Gasteiger partial charge on any atom is 0.223 e. The fourth-order valence-electron chi connectivity index (χ4n) is 1.68. The van der Waals surface area contributed by atoms with Crippen LogP contribution in [0.2, 0.25) is 0 Å². The molecular formula is C14H22NO2+. The number of rotatable bonds is 8. The standard InChI is InChI=1S/C14H22NO2/c1-3-5-6-13(4-2)12-17-15-9-7-14(11-16)8-10-15/h7-11,13H,3-6,12H2,1-2H3/q+1. The van der Waals surface area contributed by atoms with Crippen molar-refractivity contribution in [2.24, 2.45) is 5.92 Å². The van der Waals surface area contributed by atoms with Gasteiger partial charge in [-0.15, -0.1) is 0 Å². The lowest BCUT2D eigenvalue weighted by molar-refractivity contribution is -0.892. The van der Waals surface area contributed by atoms with Gasteiger partial charge in [-0.05, 0) is 18.8 Å². The fraction of sp³-hybridized carbons (Fsp3) is 0.571. The van der Waals surface area contributed by atoms with Crippen LogP contribution in [0.3, 0.4) is 0 Å². The first kappa shape index (κ1) is 13.7. The van der Waals surface area contributed by atoms with E-state index >= 15 is 0 Å². The molecule has 0 bridgehead atoms. The molecule has 1 heterocycles. The minimum atomic E-state index is 0.619. The summed E-state index contributed by atoms with van der Waals surface area (Å²) in [6, 6.07) is 3.50. The van der Waals surface area contributed by atoms with Crippen LogP contribution in [0.4, 0.5) is 0 Å². The van der Waals surface area contributed by atoms with Crippen LogP contribution in [0, 0.1) is 5.92 Å². The number of unbranched alkanes of at least 4 members (excludes halogenated alkanes) is 1. The first-order valence-electron chi connectivity index (χ1n) is 6.39. The van der Waals surface area contributed by atoms with Crippen LogP contribution in [0.5, 0.6) is 0 Å². The number of carbonyl (C=O) groups is 1. The van der Waals surface area contributed by atoms with Crippen molar-refractivity contribution in [2.45, 2.75) is 39.5 Å². The summed E-state index contributed by atoms with van der Waals surface area (Å²) in [4.78, 5) is 16.2. The second-order valence-electron chi connectivity index (χ2n) is 4.32. The molecule has 0 spiro atoms. The molecule has 1 aromatic heterocycles. The molecule has 94 valence electrons. The molecule has 0 saturated carbocycles. The van der Waals surface area contributed by atoms with E-state index in [9.17, 15) is 4.79 Å². The predicted octanol–water partition coefficient (Wildman–Crippen LogP) is 2.43. The Kier molecular flexibility index (Phi) is 6.30. The third-order valence-electron chi connectivity index (χ3n) is 2.97. The van der Waals surface area contributed by atoms with E-state index in [2.05, 4.69) is 13.8 Å². The van der Waals surface area contributed by atoms with E-state index in [4.69, 9.17) is 4.84 Å². The number of hydrogen-bond acceptors (Lipinski definition) is 2. The summed E-state index contributed by atoms with van der Waals surface area (Å²) in [5.74, 6) is 0.619. The van der Waals surface area contributed by atoms with E-state index in [1.165, 1.54) is 19.3 Å². The third kappa shape index (κ3) is 4.98. The highest BCUT2D eigenvalue weighted by atomic mass is 16.7. The maximum atomic E-state index is 10.5. The van der Waals surface area contributed by atoms with Crippen LogP contribution in [0.25, 0.3) is 0 Å². The smallest absolute Gasteiger partial charge is 0.223 e. The lowest BCUT2D eigenvalue weighted by Crippen LogP contribution is -2.44. The number of nitrogens with zero attached hydrogens (tertiary/aromatic N) is 1. The zero-order valence-electron chi connectivity index (χ0n) is 10.8. The second kappa shape index (κ2) is 7.82. The first-order valence-corrected chi connectivity index (χ1v) is 6.39. The molecule has 3 nitrogen and oxygen atoms in total. The van der Waals surface area contributed by atoms with Crippen LogP contribution in [-0.2, 0) is 0 Å². The molecule has 0 aliphatic heterocycles. The molecule has 1 rings (SSSR count). The molecule has 1 unspecified atom stereocenters. The van der Waals surface area contributed by atoms with Crippen molar-refractivity contribution >= 4 is 6.29 Å². The summed E-state index contributed by atoms with van der Waals surface area (Å²) in [6.45, 7) is 5.14. The van der Waals surface area contributed by atoms with Gasteiger partial charge in [-0.3, -0.25) is 9.63 Å². The average Bonchev–Trinajstić information content (AvgIpc) is 2.39. The lowest BCUT2D eigenvalue weighted by atomic mass is 10.0. The molecule has 0 aliphatic carbocycles. The van der Waals surface area contributed by atoms with E-state index in [0.29, 0.717) is 11.5 Å². The fourth-order valence-corrected chi connectivity index (χ4v) is 1.68. The van der Waals surface area contributed by atoms with Gasteiger partial charge in [0.15, 0.2) is 12.9 Å². The highest BCUT2D eigenvalue weighted by molar-refractivity contribution is 5.73. The zero-order valence-corrected chi connectivity index (χ0v) is 10.8. The van der Waals surface area contributed by atoms with Crippen molar-refractivity contribution in [3.8, 4) is 0 Å². The van der Waals surface area contributed by atoms with E-state index in [1.807, 2.05) is 0 Å². The predicted molar refractivity (Wildman–Crippen MR) is 66.8 cm³/mol. The second-order valence-corrected chi connectivity index (χ2v) is 4.32. The quantitative estimate of drug-likeness (QED) is 0.512. The SMILES string of the molecule is CCCCC(CC)CO[n+]1ccc(C=O)cc1. The van der Waals surface area contributed by atoms with Crippen molar-refractivity contribution < 1.29 is 14.4 Å². The Balaban J connectivity index is 2.39. The Morgan fingerprint density at radius 1 is 1.35 bits per heavy atom. The first-order chi connectivity index (χ1) is 8.30. The summed E-state index contributed by atoms with van der Waals surface area (Å²) >= 11 is 0. The van der Waals surface area contributed by atoms with Crippen LogP contribution < -0.4 is 9.57 Å². The van der Waals surface area contributed by atoms with Gasteiger partial charge < -0.3 is 0 Å². The Labute approximate surface area is 103 Å². The molecule has 1 aromatic rings.